The van der Waals surface area contributed by atoms with Gasteiger partial charge in [0.15, 0.2) is 6.10 Å². The molecule has 1 atom stereocenters. The van der Waals surface area contributed by atoms with Gasteiger partial charge in [0.2, 0.25) is 0 Å². The number of rotatable bonds is 7. The van der Waals surface area contributed by atoms with Crippen LogP contribution in [0, 0.1) is 5.92 Å². The molecule has 0 saturated heterocycles. The second kappa shape index (κ2) is 9.94. The largest absolute Gasteiger partial charge is 0.497 e. The third kappa shape index (κ3) is 4.95. The van der Waals surface area contributed by atoms with Crippen molar-refractivity contribution in [1.82, 2.24) is 0 Å². The summed E-state index contributed by atoms with van der Waals surface area (Å²) in [6.45, 7) is 0. The van der Waals surface area contributed by atoms with E-state index in [-0.39, 0.29) is 11.9 Å². The predicted molar refractivity (Wildman–Crippen MR) is 123 cm³/mol. The average molecular weight is 411 g/mol. The molecule has 0 bridgehead atoms. The summed E-state index contributed by atoms with van der Waals surface area (Å²) in [5, 5.41) is 0. The molecule has 0 amide bonds. The van der Waals surface area contributed by atoms with Gasteiger partial charge >= 0.3 is 5.97 Å². The van der Waals surface area contributed by atoms with E-state index in [2.05, 4.69) is 24.3 Å². The molecular weight excluding hydrogens is 384 g/mol. The fourth-order valence-electron chi connectivity index (χ4n) is 3.94. The maximum Gasteiger partial charge on any atom is 0.315 e. The Morgan fingerprint density at radius 1 is 0.774 bits per heavy atom. The van der Waals surface area contributed by atoms with Crippen molar-refractivity contribution >= 4 is 5.97 Å². The van der Waals surface area contributed by atoms with Crippen LogP contribution in [-0.4, -0.2) is 13.1 Å². The maximum atomic E-state index is 13.6. The normalized spacial score (nSPS) is 14.4. The summed E-state index contributed by atoms with van der Waals surface area (Å²) in [6, 6.07) is 27.4. The Morgan fingerprint density at radius 2 is 1.32 bits per heavy atom. The number of hydrogen-bond acceptors (Lipinski definition) is 3. The van der Waals surface area contributed by atoms with E-state index in [9.17, 15) is 4.79 Å². The summed E-state index contributed by atoms with van der Waals surface area (Å²) in [5.41, 5.74) is 2.81. The van der Waals surface area contributed by atoms with Crippen molar-refractivity contribution in [3.05, 3.63) is 126 Å². The van der Waals surface area contributed by atoms with Crippen LogP contribution >= 0.6 is 0 Å². The number of allylic oxidation sites excluding steroid dienone is 4. The van der Waals surface area contributed by atoms with Gasteiger partial charge in [-0.2, -0.15) is 0 Å². The van der Waals surface area contributed by atoms with E-state index in [1.807, 2.05) is 84.9 Å². The molecule has 0 radical (unpaired) electrons. The van der Waals surface area contributed by atoms with E-state index in [0.29, 0.717) is 0 Å². The van der Waals surface area contributed by atoms with Crippen LogP contribution in [0.15, 0.2) is 109 Å². The van der Waals surface area contributed by atoms with Gasteiger partial charge in [-0.05, 0) is 35.2 Å². The number of esters is 1. The second-order valence-electron chi connectivity index (χ2n) is 7.56. The van der Waals surface area contributed by atoms with Crippen LogP contribution in [0.1, 0.15) is 35.1 Å². The summed E-state index contributed by atoms with van der Waals surface area (Å²) in [7, 11) is 1.64. The summed E-state index contributed by atoms with van der Waals surface area (Å²) < 4.78 is 11.5. The van der Waals surface area contributed by atoms with Gasteiger partial charge in [0.25, 0.3) is 0 Å². The third-order valence-corrected chi connectivity index (χ3v) is 5.54. The summed E-state index contributed by atoms with van der Waals surface area (Å²) in [6.07, 6.45) is 8.80. The fraction of sp³-hybridized carbons (Fsp3) is 0.179. The molecule has 3 aromatic carbocycles. The van der Waals surface area contributed by atoms with E-state index >= 15 is 0 Å². The first-order valence-electron chi connectivity index (χ1n) is 10.5. The first kappa shape index (κ1) is 20.7. The standard InChI is InChI=1S/C28H26O3/c1-30-25-19-17-22(18-20-25)26(21-11-5-2-6-12-21)28(29)31-27(23-13-7-3-8-14-23)24-15-9-4-10-16-24/h3-21,26-27H,2H2,1H3/t26-/m0/s1. The van der Waals surface area contributed by atoms with Crippen LogP contribution in [0.25, 0.3) is 0 Å². The molecule has 1 aliphatic rings. The molecule has 3 nitrogen and oxygen atoms in total. The zero-order valence-electron chi connectivity index (χ0n) is 17.6. The third-order valence-electron chi connectivity index (χ3n) is 5.54. The topological polar surface area (TPSA) is 35.5 Å². The molecular formula is C28H26O3. The molecule has 0 N–H and O–H groups in total. The van der Waals surface area contributed by atoms with Crippen molar-refractivity contribution in [3.63, 3.8) is 0 Å². The molecule has 0 aliphatic heterocycles. The minimum atomic E-state index is -0.466. The number of ether oxygens (including phenoxy) is 2. The highest BCUT2D eigenvalue weighted by Gasteiger charge is 2.31. The van der Waals surface area contributed by atoms with Gasteiger partial charge in [-0.25, -0.2) is 0 Å². The number of methoxy groups -OCH3 is 1. The maximum absolute atomic E-state index is 13.6. The highest BCUT2D eigenvalue weighted by Crippen LogP contribution is 2.35. The molecule has 0 saturated carbocycles. The lowest BCUT2D eigenvalue weighted by Crippen LogP contribution is -2.25. The lowest BCUT2D eigenvalue weighted by atomic mass is 9.83. The van der Waals surface area contributed by atoms with Crippen molar-refractivity contribution < 1.29 is 14.3 Å². The van der Waals surface area contributed by atoms with E-state index < -0.39 is 12.0 Å². The number of hydrogen-bond donors (Lipinski definition) is 0. The Morgan fingerprint density at radius 3 is 1.84 bits per heavy atom. The van der Waals surface area contributed by atoms with Crippen molar-refractivity contribution in [1.29, 1.82) is 0 Å². The Labute approximate surface area is 183 Å². The zero-order valence-corrected chi connectivity index (χ0v) is 17.6. The SMILES string of the molecule is COc1ccc([C@@H](C(=O)OC(c2ccccc2)c2ccccc2)C2C=CCC=C2)cc1. The Kier molecular flexibility index (Phi) is 6.63. The van der Waals surface area contributed by atoms with E-state index in [1.165, 1.54) is 0 Å². The van der Waals surface area contributed by atoms with Crippen LogP contribution in [0.3, 0.4) is 0 Å². The number of carbonyl (C=O) groups is 1. The Hall–Kier alpha value is -3.59. The smallest absolute Gasteiger partial charge is 0.315 e. The molecule has 4 rings (SSSR count). The highest BCUT2D eigenvalue weighted by atomic mass is 16.5. The van der Waals surface area contributed by atoms with Crippen molar-refractivity contribution in [2.75, 3.05) is 7.11 Å². The molecule has 0 fully saturated rings. The van der Waals surface area contributed by atoms with Crippen LogP contribution in [0.4, 0.5) is 0 Å². The fourth-order valence-corrected chi connectivity index (χ4v) is 3.94. The first-order chi connectivity index (χ1) is 15.3. The summed E-state index contributed by atoms with van der Waals surface area (Å²) in [4.78, 5) is 13.6. The molecule has 0 aromatic heterocycles. The molecule has 0 heterocycles. The lowest BCUT2D eigenvalue weighted by molar-refractivity contribution is -0.150. The van der Waals surface area contributed by atoms with E-state index in [4.69, 9.17) is 9.47 Å². The first-order valence-corrected chi connectivity index (χ1v) is 10.5. The van der Waals surface area contributed by atoms with E-state index in [0.717, 1.165) is 28.9 Å². The van der Waals surface area contributed by atoms with Gasteiger partial charge < -0.3 is 9.47 Å². The predicted octanol–water partition coefficient (Wildman–Crippen LogP) is 6.24. The average Bonchev–Trinajstić information content (AvgIpc) is 2.85. The van der Waals surface area contributed by atoms with Gasteiger partial charge in [0.1, 0.15) is 5.75 Å². The quantitative estimate of drug-likeness (QED) is 0.341. The molecule has 31 heavy (non-hydrogen) atoms. The molecule has 1 aliphatic carbocycles. The molecule has 3 heteroatoms. The summed E-state index contributed by atoms with van der Waals surface area (Å²) in [5.74, 6) is 0.0246. The van der Waals surface area contributed by atoms with Gasteiger partial charge in [0, 0.05) is 5.92 Å². The van der Waals surface area contributed by atoms with Crippen molar-refractivity contribution in [2.45, 2.75) is 18.4 Å². The van der Waals surface area contributed by atoms with Crippen LogP contribution in [-0.2, 0) is 9.53 Å². The highest BCUT2D eigenvalue weighted by molar-refractivity contribution is 5.80. The monoisotopic (exact) mass is 410 g/mol. The minimum Gasteiger partial charge on any atom is -0.497 e. The van der Waals surface area contributed by atoms with Gasteiger partial charge in [0.05, 0.1) is 13.0 Å². The minimum absolute atomic E-state index is 0.0539. The second-order valence-corrected chi connectivity index (χ2v) is 7.56. The van der Waals surface area contributed by atoms with Gasteiger partial charge in [-0.1, -0.05) is 97.1 Å². The van der Waals surface area contributed by atoms with Crippen molar-refractivity contribution in [3.8, 4) is 5.75 Å². The van der Waals surface area contributed by atoms with Crippen LogP contribution in [0.2, 0.25) is 0 Å². The molecule has 3 aromatic rings. The molecule has 156 valence electrons. The van der Waals surface area contributed by atoms with E-state index in [1.54, 1.807) is 7.11 Å². The van der Waals surface area contributed by atoms with Crippen molar-refractivity contribution in [2.24, 2.45) is 5.92 Å². The zero-order chi connectivity index (χ0) is 21.5. The van der Waals surface area contributed by atoms with Gasteiger partial charge in [-0.3, -0.25) is 4.79 Å². The Bertz CT molecular complexity index is 985. The lowest BCUT2D eigenvalue weighted by Gasteiger charge is -2.26. The number of benzene rings is 3. The summed E-state index contributed by atoms with van der Waals surface area (Å²) >= 11 is 0. The van der Waals surface area contributed by atoms with Crippen LogP contribution in [0.5, 0.6) is 5.75 Å². The van der Waals surface area contributed by atoms with Gasteiger partial charge in [-0.15, -0.1) is 0 Å². The number of carbonyl (C=O) groups excluding carboxylic acids is 1. The molecule has 0 unspecified atom stereocenters. The van der Waals surface area contributed by atoms with Crippen LogP contribution < -0.4 is 4.74 Å². The molecule has 0 spiro atoms. The Balaban J connectivity index is 1.68.